The van der Waals surface area contributed by atoms with Crippen LogP contribution in [0.15, 0.2) is 77.9 Å². The number of fused-ring (bicyclic) bond motifs is 3. The smallest absolute Gasteiger partial charge is 0.241 e. The van der Waals surface area contributed by atoms with E-state index in [0.29, 0.717) is 19.6 Å². The molecule has 0 atom stereocenters. The predicted octanol–water partition coefficient (Wildman–Crippen LogP) is 4.73. The van der Waals surface area contributed by atoms with E-state index in [-0.39, 0.29) is 5.91 Å². The van der Waals surface area contributed by atoms with E-state index in [1.165, 1.54) is 10.8 Å². The lowest BCUT2D eigenvalue weighted by Gasteiger charge is -2.07. The van der Waals surface area contributed by atoms with Crippen molar-refractivity contribution in [3.63, 3.8) is 0 Å². The highest BCUT2D eigenvalue weighted by molar-refractivity contribution is 6.08. The Morgan fingerprint density at radius 3 is 2.28 bits per heavy atom. The van der Waals surface area contributed by atoms with Crippen molar-refractivity contribution >= 4 is 33.9 Å². The van der Waals surface area contributed by atoms with Gasteiger partial charge in [0.15, 0.2) is 0 Å². The highest BCUT2D eigenvalue weighted by Gasteiger charge is 2.10. The number of carbonyl (C=O) groups excluding carboxylic acids is 1. The molecule has 3 aromatic carbocycles. The standard InChI is InChI=1S/C24H23N3O2/c1-2-29-23-14-8-3-9-18(23)17-25-26-24(28)15-16-27-21-12-6-4-10-19(21)20-11-5-7-13-22(20)27/h3-14,17H,2,15-16H2,1H3,(H,26,28)/b25-17-. The van der Waals surface area contributed by atoms with Gasteiger partial charge in [-0.05, 0) is 31.2 Å². The molecule has 1 amide bonds. The molecule has 0 saturated carbocycles. The summed E-state index contributed by atoms with van der Waals surface area (Å²) in [6, 6.07) is 24.2. The number of rotatable bonds is 7. The fraction of sp³-hybridized carbons (Fsp3) is 0.167. The summed E-state index contributed by atoms with van der Waals surface area (Å²) in [7, 11) is 0. The molecule has 1 heterocycles. The minimum Gasteiger partial charge on any atom is -0.493 e. The predicted molar refractivity (Wildman–Crippen MR) is 117 cm³/mol. The van der Waals surface area contributed by atoms with Crippen molar-refractivity contribution in [1.82, 2.24) is 9.99 Å². The number of aryl methyl sites for hydroxylation is 1. The lowest BCUT2D eigenvalue weighted by molar-refractivity contribution is -0.121. The summed E-state index contributed by atoms with van der Waals surface area (Å²) in [6.45, 7) is 3.10. The summed E-state index contributed by atoms with van der Waals surface area (Å²) in [5.41, 5.74) is 5.72. The zero-order valence-electron chi connectivity index (χ0n) is 16.3. The van der Waals surface area contributed by atoms with E-state index in [9.17, 15) is 4.79 Å². The van der Waals surface area contributed by atoms with E-state index < -0.39 is 0 Å². The minimum atomic E-state index is -0.128. The van der Waals surface area contributed by atoms with Crippen LogP contribution < -0.4 is 10.2 Å². The van der Waals surface area contributed by atoms with Gasteiger partial charge >= 0.3 is 0 Å². The molecule has 0 aliphatic heterocycles. The lowest BCUT2D eigenvalue weighted by atomic mass is 10.2. The molecule has 0 aliphatic carbocycles. The molecular formula is C24H23N3O2. The minimum absolute atomic E-state index is 0.128. The second-order valence-corrected chi connectivity index (χ2v) is 6.70. The number of amides is 1. The van der Waals surface area contributed by atoms with E-state index in [0.717, 1.165) is 22.3 Å². The molecule has 0 aliphatic rings. The number of benzene rings is 3. The summed E-state index contributed by atoms with van der Waals surface area (Å²) in [5, 5.41) is 6.50. The van der Waals surface area contributed by atoms with Crippen molar-refractivity contribution in [1.29, 1.82) is 0 Å². The maximum atomic E-state index is 12.3. The topological polar surface area (TPSA) is 55.6 Å². The molecule has 146 valence electrons. The van der Waals surface area contributed by atoms with Crippen molar-refractivity contribution in [3.8, 4) is 5.75 Å². The molecule has 1 aromatic heterocycles. The second-order valence-electron chi connectivity index (χ2n) is 6.70. The van der Waals surface area contributed by atoms with E-state index in [1.54, 1.807) is 6.21 Å². The Labute approximate surface area is 169 Å². The van der Waals surface area contributed by atoms with Gasteiger partial charge in [0.05, 0.1) is 12.8 Å². The first-order valence-electron chi connectivity index (χ1n) is 9.77. The monoisotopic (exact) mass is 385 g/mol. The molecule has 0 spiro atoms. The third kappa shape index (κ3) is 3.99. The Balaban J connectivity index is 1.45. The van der Waals surface area contributed by atoms with Gasteiger partial charge in [0, 0.05) is 40.3 Å². The van der Waals surface area contributed by atoms with Crippen molar-refractivity contribution in [2.45, 2.75) is 19.9 Å². The number of para-hydroxylation sites is 3. The molecule has 0 fully saturated rings. The molecule has 1 N–H and O–H groups in total. The van der Waals surface area contributed by atoms with Gasteiger partial charge in [-0.3, -0.25) is 4.79 Å². The van der Waals surface area contributed by atoms with Crippen LogP contribution in [0.2, 0.25) is 0 Å². The SMILES string of the molecule is CCOc1ccccc1/C=N\NC(=O)CCn1c2ccccc2c2ccccc21. The average Bonchev–Trinajstić information content (AvgIpc) is 3.07. The normalized spacial score (nSPS) is 11.3. The van der Waals surface area contributed by atoms with E-state index in [1.807, 2.05) is 55.5 Å². The van der Waals surface area contributed by atoms with Crippen LogP contribution in [0.25, 0.3) is 21.8 Å². The molecule has 29 heavy (non-hydrogen) atoms. The van der Waals surface area contributed by atoms with Gasteiger partial charge in [0.2, 0.25) is 5.91 Å². The van der Waals surface area contributed by atoms with Crippen LogP contribution in [0.1, 0.15) is 18.9 Å². The Morgan fingerprint density at radius 2 is 1.59 bits per heavy atom. The van der Waals surface area contributed by atoms with Gasteiger partial charge in [0.1, 0.15) is 5.75 Å². The van der Waals surface area contributed by atoms with E-state index in [2.05, 4.69) is 39.4 Å². The third-order valence-electron chi connectivity index (χ3n) is 4.85. The largest absolute Gasteiger partial charge is 0.493 e. The van der Waals surface area contributed by atoms with Gasteiger partial charge in [0.25, 0.3) is 0 Å². The van der Waals surface area contributed by atoms with Crippen molar-refractivity contribution < 1.29 is 9.53 Å². The molecule has 0 bridgehead atoms. The maximum absolute atomic E-state index is 12.3. The molecule has 0 saturated heterocycles. The number of hydrazone groups is 1. The van der Waals surface area contributed by atoms with Crippen LogP contribution in [0.4, 0.5) is 0 Å². The number of nitrogens with zero attached hydrogens (tertiary/aromatic N) is 2. The average molecular weight is 385 g/mol. The van der Waals surface area contributed by atoms with Crippen molar-refractivity contribution in [3.05, 3.63) is 78.4 Å². The lowest BCUT2D eigenvalue weighted by Crippen LogP contribution is -2.19. The zero-order valence-corrected chi connectivity index (χ0v) is 16.3. The van der Waals surface area contributed by atoms with Gasteiger partial charge in [-0.1, -0.05) is 48.5 Å². The van der Waals surface area contributed by atoms with Crippen molar-refractivity contribution in [2.24, 2.45) is 5.10 Å². The second kappa shape index (κ2) is 8.61. The first-order chi connectivity index (χ1) is 14.3. The Morgan fingerprint density at radius 1 is 0.966 bits per heavy atom. The molecule has 5 nitrogen and oxygen atoms in total. The first kappa shape index (κ1) is 18.7. The summed E-state index contributed by atoms with van der Waals surface area (Å²) in [5.74, 6) is 0.621. The summed E-state index contributed by atoms with van der Waals surface area (Å²) < 4.78 is 7.76. The van der Waals surface area contributed by atoms with E-state index >= 15 is 0 Å². The summed E-state index contributed by atoms with van der Waals surface area (Å²) in [6.07, 6.45) is 1.95. The van der Waals surface area contributed by atoms with Gasteiger partial charge in [-0.25, -0.2) is 5.43 Å². The van der Waals surface area contributed by atoms with Crippen LogP contribution in [0.5, 0.6) is 5.75 Å². The van der Waals surface area contributed by atoms with Crippen LogP contribution in [0.3, 0.4) is 0 Å². The number of nitrogens with one attached hydrogen (secondary N) is 1. The van der Waals surface area contributed by atoms with Gasteiger partial charge in [-0.2, -0.15) is 5.10 Å². The zero-order chi connectivity index (χ0) is 20.1. The highest BCUT2D eigenvalue weighted by atomic mass is 16.5. The highest BCUT2D eigenvalue weighted by Crippen LogP contribution is 2.28. The van der Waals surface area contributed by atoms with Crippen LogP contribution >= 0.6 is 0 Å². The maximum Gasteiger partial charge on any atom is 0.241 e. The number of hydrogen-bond donors (Lipinski definition) is 1. The number of ether oxygens (including phenoxy) is 1. The summed E-state index contributed by atoms with van der Waals surface area (Å²) in [4.78, 5) is 12.3. The Bertz CT molecular complexity index is 1120. The number of carbonyl (C=O) groups is 1. The van der Waals surface area contributed by atoms with Gasteiger partial charge < -0.3 is 9.30 Å². The van der Waals surface area contributed by atoms with Crippen LogP contribution in [0, 0.1) is 0 Å². The molecular weight excluding hydrogens is 362 g/mol. The Kier molecular flexibility index (Phi) is 5.56. The molecule has 4 rings (SSSR count). The fourth-order valence-electron chi connectivity index (χ4n) is 3.56. The molecule has 4 aromatic rings. The Hall–Kier alpha value is -3.60. The molecule has 0 radical (unpaired) electrons. The summed E-state index contributed by atoms with van der Waals surface area (Å²) >= 11 is 0. The fourth-order valence-corrected chi connectivity index (χ4v) is 3.56. The quantitative estimate of drug-likeness (QED) is 0.369. The third-order valence-corrected chi connectivity index (χ3v) is 4.85. The first-order valence-corrected chi connectivity index (χ1v) is 9.77. The number of hydrogen-bond acceptors (Lipinski definition) is 3. The van der Waals surface area contributed by atoms with E-state index in [4.69, 9.17) is 4.74 Å². The van der Waals surface area contributed by atoms with Crippen molar-refractivity contribution in [2.75, 3.05) is 6.61 Å². The van der Waals surface area contributed by atoms with Gasteiger partial charge in [-0.15, -0.1) is 0 Å². The van der Waals surface area contributed by atoms with Crippen LogP contribution in [-0.2, 0) is 11.3 Å². The van der Waals surface area contributed by atoms with Crippen LogP contribution in [-0.4, -0.2) is 23.3 Å². The molecule has 5 heteroatoms. The molecule has 0 unspecified atom stereocenters. The number of aromatic nitrogens is 1.